The van der Waals surface area contributed by atoms with E-state index >= 15 is 0 Å². The zero-order valence-electron chi connectivity index (χ0n) is 16.1. The van der Waals surface area contributed by atoms with Gasteiger partial charge in [-0.05, 0) is 25.0 Å². The molecule has 0 aliphatic heterocycles. The van der Waals surface area contributed by atoms with Crippen LogP contribution in [0.1, 0.15) is 62.7 Å². The third-order valence-corrected chi connectivity index (χ3v) is 4.13. The monoisotopic (exact) mass is 352 g/mol. The molecular weight excluding hydrogens is 320 g/mol. The number of hydrazine groups is 1. The van der Waals surface area contributed by atoms with Gasteiger partial charge in [0.1, 0.15) is 0 Å². The first-order valence-electron chi connectivity index (χ1n) is 8.97. The first-order valence-corrected chi connectivity index (χ1v) is 8.97. The summed E-state index contributed by atoms with van der Waals surface area (Å²) in [4.78, 5) is 12.5. The molecule has 0 atom stereocenters. The molecule has 0 heterocycles. The molecule has 142 valence electrons. The summed E-state index contributed by atoms with van der Waals surface area (Å²) in [6.07, 6.45) is 6.66. The Hall–Kier alpha value is -1.95. The lowest BCUT2D eigenvalue weighted by Gasteiger charge is -2.19. The number of carbonyl (C=O) groups is 1. The zero-order valence-corrected chi connectivity index (χ0v) is 16.1. The van der Waals surface area contributed by atoms with Crippen molar-refractivity contribution in [1.29, 1.82) is 0 Å². The summed E-state index contributed by atoms with van der Waals surface area (Å²) >= 11 is 0. The van der Waals surface area contributed by atoms with Crippen molar-refractivity contribution in [3.63, 3.8) is 0 Å². The third-order valence-electron chi connectivity index (χ3n) is 4.13. The second kappa shape index (κ2) is 11.6. The van der Waals surface area contributed by atoms with E-state index in [0.717, 1.165) is 38.5 Å². The molecule has 0 spiro atoms. The average molecular weight is 352 g/mol. The Labute approximate surface area is 151 Å². The molecule has 6 nitrogen and oxygen atoms in total. The maximum atomic E-state index is 12.5. The molecule has 0 radical (unpaired) electrons. The van der Waals surface area contributed by atoms with Gasteiger partial charge in [0.05, 0.1) is 21.3 Å². The average Bonchev–Trinajstić information content (AvgIpc) is 2.65. The predicted molar refractivity (Wildman–Crippen MR) is 99.5 cm³/mol. The standard InChI is InChI=1S/C19H32N2O4/c1-6-8-10-15(11-9-7-2)20-21-19(22)14-12-16(23-3)18(25-5)17(13-14)24-4/h12-13,15,20H,6-11H2,1-5H3,(H,21,22). The van der Waals surface area contributed by atoms with Crippen LogP contribution in [0.15, 0.2) is 12.1 Å². The lowest BCUT2D eigenvalue weighted by atomic mass is 10.0. The van der Waals surface area contributed by atoms with Gasteiger partial charge in [-0.1, -0.05) is 39.5 Å². The number of benzene rings is 1. The lowest BCUT2D eigenvalue weighted by Crippen LogP contribution is -2.44. The van der Waals surface area contributed by atoms with Crippen LogP contribution in [0.2, 0.25) is 0 Å². The van der Waals surface area contributed by atoms with E-state index in [2.05, 4.69) is 24.7 Å². The van der Waals surface area contributed by atoms with Crippen molar-refractivity contribution in [2.75, 3.05) is 21.3 Å². The number of rotatable bonds is 12. The van der Waals surface area contributed by atoms with E-state index in [1.807, 2.05) is 0 Å². The van der Waals surface area contributed by atoms with Crippen LogP contribution in [0.5, 0.6) is 17.2 Å². The van der Waals surface area contributed by atoms with Crippen LogP contribution in [0, 0.1) is 0 Å². The fourth-order valence-electron chi connectivity index (χ4n) is 2.64. The van der Waals surface area contributed by atoms with Gasteiger partial charge in [-0.25, -0.2) is 5.43 Å². The van der Waals surface area contributed by atoms with Crippen molar-refractivity contribution < 1.29 is 19.0 Å². The third kappa shape index (κ3) is 6.46. The number of unbranched alkanes of at least 4 members (excludes halogenated alkanes) is 2. The minimum absolute atomic E-state index is 0.225. The number of nitrogens with one attached hydrogen (secondary N) is 2. The van der Waals surface area contributed by atoms with Crippen LogP contribution in [0.4, 0.5) is 0 Å². The normalized spacial score (nSPS) is 10.6. The zero-order chi connectivity index (χ0) is 18.7. The fourth-order valence-corrected chi connectivity index (χ4v) is 2.64. The Morgan fingerprint density at radius 2 is 1.48 bits per heavy atom. The van der Waals surface area contributed by atoms with Crippen LogP contribution < -0.4 is 25.1 Å². The summed E-state index contributed by atoms with van der Waals surface area (Å²) in [6.45, 7) is 4.34. The molecule has 1 amide bonds. The molecule has 1 aromatic carbocycles. The summed E-state index contributed by atoms with van der Waals surface area (Å²) < 4.78 is 15.9. The van der Waals surface area contributed by atoms with Crippen molar-refractivity contribution in [2.24, 2.45) is 0 Å². The molecule has 25 heavy (non-hydrogen) atoms. The van der Waals surface area contributed by atoms with Gasteiger partial charge in [-0.15, -0.1) is 0 Å². The van der Waals surface area contributed by atoms with Gasteiger partial charge in [-0.3, -0.25) is 10.2 Å². The Morgan fingerprint density at radius 3 is 1.88 bits per heavy atom. The van der Waals surface area contributed by atoms with Gasteiger partial charge >= 0.3 is 0 Å². The van der Waals surface area contributed by atoms with E-state index in [1.165, 1.54) is 21.3 Å². The minimum Gasteiger partial charge on any atom is -0.493 e. The van der Waals surface area contributed by atoms with Crippen LogP contribution in [-0.2, 0) is 0 Å². The molecule has 2 N–H and O–H groups in total. The molecule has 0 saturated heterocycles. The molecule has 0 saturated carbocycles. The molecule has 1 aromatic rings. The summed E-state index contributed by atoms with van der Waals surface area (Å²) in [5, 5.41) is 0. The van der Waals surface area contributed by atoms with Crippen molar-refractivity contribution in [1.82, 2.24) is 10.9 Å². The molecule has 0 aliphatic rings. The Balaban J connectivity index is 2.81. The van der Waals surface area contributed by atoms with Gasteiger partial charge in [-0.2, -0.15) is 0 Å². The molecular formula is C19H32N2O4. The molecule has 6 heteroatoms. The second-order valence-electron chi connectivity index (χ2n) is 5.99. The Morgan fingerprint density at radius 1 is 0.960 bits per heavy atom. The van der Waals surface area contributed by atoms with Gasteiger partial charge in [0, 0.05) is 11.6 Å². The van der Waals surface area contributed by atoms with E-state index in [9.17, 15) is 4.79 Å². The first-order chi connectivity index (χ1) is 12.1. The first kappa shape index (κ1) is 21.1. The summed E-state index contributed by atoms with van der Waals surface area (Å²) in [7, 11) is 4.60. The number of ether oxygens (including phenoxy) is 3. The van der Waals surface area contributed by atoms with Gasteiger partial charge in [0.25, 0.3) is 5.91 Å². The number of amides is 1. The van der Waals surface area contributed by atoms with E-state index in [-0.39, 0.29) is 11.9 Å². The second-order valence-corrected chi connectivity index (χ2v) is 5.99. The largest absolute Gasteiger partial charge is 0.493 e. The van der Waals surface area contributed by atoms with E-state index in [1.54, 1.807) is 12.1 Å². The van der Waals surface area contributed by atoms with Gasteiger partial charge in [0.15, 0.2) is 11.5 Å². The Bertz CT molecular complexity index is 501. The summed E-state index contributed by atoms with van der Waals surface area (Å²) in [5.74, 6) is 1.16. The highest BCUT2D eigenvalue weighted by atomic mass is 16.5. The topological polar surface area (TPSA) is 68.8 Å². The van der Waals surface area contributed by atoms with Crippen LogP contribution in [0.25, 0.3) is 0 Å². The molecule has 1 rings (SSSR count). The smallest absolute Gasteiger partial charge is 0.265 e. The molecule has 0 aromatic heterocycles. The summed E-state index contributed by atoms with van der Waals surface area (Å²) in [6, 6.07) is 3.57. The molecule has 0 fully saturated rings. The number of carbonyl (C=O) groups excluding carboxylic acids is 1. The van der Waals surface area contributed by atoms with E-state index in [4.69, 9.17) is 14.2 Å². The minimum atomic E-state index is -0.225. The van der Waals surface area contributed by atoms with Crippen LogP contribution >= 0.6 is 0 Å². The van der Waals surface area contributed by atoms with Crippen molar-refractivity contribution in [3.8, 4) is 17.2 Å². The highest BCUT2D eigenvalue weighted by molar-refractivity contribution is 5.95. The lowest BCUT2D eigenvalue weighted by molar-refractivity contribution is 0.0921. The fraction of sp³-hybridized carbons (Fsp3) is 0.632. The number of hydrogen-bond donors (Lipinski definition) is 2. The van der Waals surface area contributed by atoms with E-state index in [0.29, 0.717) is 22.8 Å². The van der Waals surface area contributed by atoms with Crippen molar-refractivity contribution in [3.05, 3.63) is 17.7 Å². The highest BCUT2D eigenvalue weighted by Crippen LogP contribution is 2.38. The maximum absolute atomic E-state index is 12.5. The number of hydrogen-bond acceptors (Lipinski definition) is 5. The van der Waals surface area contributed by atoms with Gasteiger partial charge < -0.3 is 14.2 Å². The Kier molecular flexibility index (Phi) is 9.77. The predicted octanol–water partition coefficient (Wildman–Crippen LogP) is 3.70. The highest BCUT2D eigenvalue weighted by Gasteiger charge is 2.17. The van der Waals surface area contributed by atoms with Gasteiger partial charge in [0.2, 0.25) is 5.75 Å². The maximum Gasteiger partial charge on any atom is 0.265 e. The van der Waals surface area contributed by atoms with Crippen molar-refractivity contribution in [2.45, 2.75) is 58.4 Å². The van der Waals surface area contributed by atoms with E-state index < -0.39 is 0 Å². The molecule has 0 unspecified atom stereocenters. The number of methoxy groups -OCH3 is 3. The molecule has 0 aliphatic carbocycles. The molecule has 0 bridgehead atoms. The quantitative estimate of drug-likeness (QED) is 0.562. The van der Waals surface area contributed by atoms with Crippen LogP contribution in [0.3, 0.4) is 0 Å². The van der Waals surface area contributed by atoms with Crippen LogP contribution in [-0.4, -0.2) is 33.3 Å². The SMILES string of the molecule is CCCCC(CCCC)NNC(=O)c1cc(OC)c(OC)c(OC)c1. The summed E-state index contributed by atoms with van der Waals surface area (Å²) in [5.41, 5.74) is 6.45. The van der Waals surface area contributed by atoms with Crippen molar-refractivity contribution >= 4 is 5.91 Å².